The lowest BCUT2D eigenvalue weighted by Gasteiger charge is -2.28. The number of carboxylic acid groups (broad SMARTS) is 1. The lowest BCUT2D eigenvalue weighted by atomic mass is 9.97. The number of aliphatic carboxylic acids is 1. The van der Waals surface area contributed by atoms with Gasteiger partial charge in [0.2, 0.25) is 0 Å². The number of rotatable bonds is 8. The minimum Gasteiger partial charge on any atom is -0.480 e. The Hall–Kier alpha value is -0.260. The smallest absolute Gasteiger partial charge is 0.323 e. The van der Waals surface area contributed by atoms with Gasteiger partial charge >= 0.3 is 5.97 Å². The van der Waals surface area contributed by atoms with E-state index in [0.717, 1.165) is 38.0 Å². The molecule has 1 saturated carbocycles. The number of methoxy groups -OCH3 is 1. The van der Waals surface area contributed by atoms with Gasteiger partial charge in [0.1, 0.15) is 5.54 Å². The average molecular weight is 275 g/mol. The summed E-state index contributed by atoms with van der Waals surface area (Å²) in [4.78, 5) is 11.5. The molecule has 0 aliphatic heterocycles. The Morgan fingerprint density at radius 1 is 1.61 bits per heavy atom. The van der Waals surface area contributed by atoms with Gasteiger partial charge in [0.05, 0.1) is 0 Å². The van der Waals surface area contributed by atoms with Crippen LogP contribution in [0.5, 0.6) is 0 Å². The van der Waals surface area contributed by atoms with Crippen molar-refractivity contribution in [1.82, 2.24) is 5.32 Å². The molecule has 2 atom stereocenters. The van der Waals surface area contributed by atoms with Crippen molar-refractivity contribution in [2.45, 2.75) is 56.4 Å². The maximum atomic E-state index is 11.5. The maximum absolute atomic E-state index is 11.5. The Bertz CT molecular complexity index is 273. The SMILES string of the molecule is COCCCSC1CCC(NC(C)C)(C(=O)O)C1. The fraction of sp³-hybridized carbons (Fsp3) is 0.923. The lowest BCUT2D eigenvalue weighted by Crippen LogP contribution is -2.53. The second-order valence-electron chi connectivity index (χ2n) is 5.27. The van der Waals surface area contributed by atoms with E-state index in [9.17, 15) is 9.90 Å². The van der Waals surface area contributed by atoms with E-state index in [1.807, 2.05) is 25.6 Å². The van der Waals surface area contributed by atoms with Crippen molar-refractivity contribution in [3.63, 3.8) is 0 Å². The largest absolute Gasteiger partial charge is 0.480 e. The third-order valence-corrected chi connectivity index (χ3v) is 4.69. The fourth-order valence-corrected chi connectivity index (χ4v) is 3.84. The molecule has 2 N–H and O–H groups in total. The molecule has 0 spiro atoms. The molecule has 0 aromatic carbocycles. The normalized spacial score (nSPS) is 27.9. The molecule has 0 heterocycles. The van der Waals surface area contributed by atoms with E-state index in [1.54, 1.807) is 7.11 Å². The molecular formula is C13H25NO3S. The first-order chi connectivity index (χ1) is 8.50. The van der Waals surface area contributed by atoms with Crippen LogP contribution in [0.15, 0.2) is 0 Å². The van der Waals surface area contributed by atoms with Gasteiger partial charge in [-0.25, -0.2) is 0 Å². The molecule has 0 bridgehead atoms. The summed E-state index contributed by atoms with van der Waals surface area (Å²) < 4.78 is 5.02. The number of carboxylic acids is 1. The van der Waals surface area contributed by atoms with Gasteiger partial charge in [-0.05, 0) is 45.3 Å². The van der Waals surface area contributed by atoms with Crippen molar-refractivity contribution in [3.05, 3.63) is 0 Å². The Balaban J connectivity index is 2.42. The summed E-state index contributed by atoms with van der Waals surface area (Å²) in [6, 6.07) is 0.207. The monoisotopic (exact) mass is 275 g/mol. The molecule has 1 fully saturated rings. The summed E-state index contributed by atoms with van der Waals surface area (Å²) in [5.74, 6) is 0.354. The van der Waals surface area contributed by atoms with Crippen molar-refractivity contribution < 1.29 is 14.6 Å². The van der Waals surface area contributed by atoms with Gasteiger partial charge in [0.25, 0.3) is 0 Å². The summed E-state index contributed by atoms with van der Waals surface area (Å²) in [5, 5.41) is 13.2. The first kappa shape index (κ1) is 15.8. The van der Waals surface area contributed by atoms with Crippen molar-refractivity contribution in [2.75, 3.05) is 19.5 Å². The topological polar surface area (TPSA) is 58.6 Å². The van der Waals surface area contributed by atoms with Gasteiger partial charge in [-0.2, -0.15) is 11.8 Å². The van der Waals surface area contributed by atoms with Crippen LogP contribution in [-0.2, 0) is 9.53 Å². The lowest BCUT2D eigenvalue weighted by molar-refractivity contribution is -0.145. The highest BCUT2D eigenvalue weighted by molar-refractivity contribution is 7.99. The molecule has 18 heavy (non-hydrogen) atoms. The highest BCUT2D eigenvalue weighted by atomic mass is 32.2. The second kappa shape index (κ2) is 7.36. The van der Waals surface area contributed by atoms with Crippen molar-refractivity contribution in [1.29, 1.82) is 0 Å². The molecule has 4 nitrogen and oxygen atoms in total. The molecule has 1 aliphatic rings. The van der Waals surface area contributed by atoms with Gasteiger partial charge < -0.3 is 9.84 Å². The van der Waals surface area contributed by atoms with Crippen LogP contribution in [0.1, 0.15) is 39.5 Å². The van der Waals surface area contributed by atoms with Crippen LogP contribution >= 0.6 is 11.8 Å². The number of nitrogens with one attached hydrogen (secondary N) is 1. The van der Waals surface area contributed by atoms with Crippen LogP contribution < -0.4 is 5.32 Å². The van der Waals surface area contributed by atoms with Crippen LogP contribution in [0.25, 0.3) is 0 Å². The van der Waals surface area contributed by atoms with Gasteiger partial charge in [-0.1, -0.05) is 0 Å². The van der Waals surface area contributed by atoms with Crippen LogP contribution in [0.2, 0.25) is 0 Å². The van der Waals surface area contributed by atoms with Gasteiger partial charge in [0.15, 0.2) is 0 Å². The molecule has 0 aromatic rings. The fourth-order valence-electron chi connectivity index (χ4n) is 2.54. The molecule has 0 aromatic heterocycles. The summed E-state index contributed by atoms with van der Waals surface area (Å²) in [6.45, 7) is 4.79. The van der Waals surface area contributed by atoms with Gasteiger partial charge in [0, 0.05) is 25.0 Å². The summed E-state index contributed by atoms with van der Waals surface area (Å²) in [7, 11) is 1.71. The Morgan fingerprint density at radius 2 is 2.33 bits per heavy atom. The average Bonchev–Trinajstić information content (AvgIpc) is 2.68. The van der Waals surface area contributed by atoms with Crippen molar-refractivity contribution in [3.8, 4) is 0 Å². The third-order valence-electron chi connectivity index (χ3n) is 3.29. The predicted octanol–water partition coefficient (Wildman–Crippen LogP) is 2.13. The van der Waals surface area contributed by atoms with Crippen molar-refractivity contribution >= 4 is 17.7 Å². The molecule has 0 amide bonds. The zero-order valence-electron chi connectivity index (χ0n) is 11.6. The predicted molar refractivity (Wildman–Crippen MR) is 75.2 cm³/mol. The highest BCUT2D eigenvalue weighted by Gasteiger charge is 2.45. The van der Waals surface area contributed by atoms with Crippen LogP contribution in [-0.4, -0.2) is 47.4 Å². The van der Waals surface area contributed by atoms with E-state index in [-0.39, 0.29) is 6.04 Å². The first-order valence-corrected chi connectivity index (χ1v) is 7.66. The van der Waals surface area contributed by atoms with E-state index < -0.39 is 11.5 Å². The molecule has 1 rings (SSSR count). The Kier molecular flexibility index (Phi) is 6.46. The van der Waals surface area contributed by atoms with E-state index >= 15 is 0 Å². The number of hydrogen-bond acceptors (Lipinski definition) is 4. The summed E-state index contributed by atoms with van der Waals surface area (Å²) in [6.07, 6.45) is 3.50. The first-order valence-electron chi connectivity index (χ1n) is 6.62. The minimum absolute atomic E-state index is 0.207. The quantitative estimate of drug-likeness (QED) is 0.665. The maximum Gasteiger partial charge on any atom is 0.323 e. The zero-order valence-corrected chi connectivity index (χ0v) is 12.4. The Morgan fingerprint density at radius 3 is 2.89 bits per heavy atom. The van der Waals surface area contributed by atoms with Gasteiger partial charge in [-0.3, -0.25) is 10.1 Å². The second-order valence-corrected chi connectivity index (χ2v) is 6.68. The number of ether oxygens (including phenoxy) is 1. The van der Waals surface area contributed by atoms with Crippen molar-refractivity contribution in [2.24, 2.45) is 0 Å². The van der Waals surface area contributed by atoms with E-state index in [2.05, 4.69) is 5.32 Å². The number of thioether (sulfide) groups is 1. The van der Waals surface area contributed by atoms with Gasteiger partial charge in [-0.15, -0.1) is 0 Å². The molecule has 0 saturated heterocycles. The third kappa shape index (κ3) is 4.44. The molecule has 2 unspecified atom stereocenters. The number of carbonyl (C=O) groups is 1. The van der Waals surface area contributed by atoms with Crippen LogP contribution in [0.3, 0.4) is 0 Å². The molecular weight excluding hydrogens is 250 g/mol. The van der Waals surface area contributed by atoms with E-state index in [4.69, 9.17) is 4.74 Å². The van der Waals surface area contributed by atoms with E-state index in [0.29, 0.717) is 5.25 Å². The standard InChI is InChI=1S/C13H25NO3S/c1-10(2)14-13(12(15)16)6-5-11(9-13)18-8-4-7-17-3/h10-11,14H,4-9H2,1-3H3,(H,15,16). The Labute approximate surface area is 114 Å². The minimum atomic E-state index is -0.701. The molecule has 5 heteroatoms. The summed E-state index contributed by atoms with van der Waals surface area (Å²) >= 11 is 1.89. The molecule has 1 aliphatic carbocycles. The van der Waals surface area contributed by atoms with E-state index in [1.165, 1.54) is 0 Å². The van der Waals surface area contributed by atoms with Crippen LogP contribution in [0, 0.1) is 0 Å². The molecule has 106 valence electrons. The summed E-state index contributed by atoms with van der Waals surface area (Å²) in [5.41, 5.74) is -0.701. The zero-order chi connectivity index (χ0) is 13.6. The van der Waals surface area contributed by atoms with Crippen LogP contribution in [0.4, 0.5) is 0 Å². The number of hydrogen-bond donors (Lipinski definition) is 2. The highest BCUT2D eigenvalue weighted by Crippen LogP contribution is 2.37. The molecule has 0 radical (unpaired) electrons.